The molecule has 0 bridgehead atoms. The van der Waals surface area contributed by atoms with Gasteiger partial charge in [0.25, 0.3) is 0 Å². The number of likely N-dealkylation sites (tertiary alicyclic amines) is 1. The number of ether oxygens (including phenoxy) is 1. The third-order valence-corrected chi connectivity index (χ3v) is 4.69. The molecule has 120 valence electrons. The zero-order valence-electron chi connectivity index (χ0n) is 12.5. The maximum atomic E-state index is 12.2. The van der Waals surface area contributed by atoms with Crippen LogP contribution in [-0.4, -0.2) is 40.6 Å². The van der Waals surface area contributed by atoms with E-state index in [0.717, 1.165) is 16.6 Å². The zero-order chi connectivity index (χ0) is 16.2. The number of halogens is 1. The van der Waals surface area contributed by atoms with Gasteiger partial charge in [-0.1, -0.05) is 12.1 Å². The van der Waals surface area contributed by atoms with E-state index in [1.54, 1.807) is 6.92 Å². The van der Waals surface area contributed by atoms with Crippen molar-refractivity contribution in [1.29, 1.82) is 0 Å². The van der Waals surface area contributed by atoms with Crippen molar-refractivity contribution < 1.29 is 19.4 Å². The molecule has 2 rings (SSSR count). The molecule has 0 aliphatic carbocycles. The average molecular weight is 370 g/mol. The Morgan fingerprint density at radius 3 is 2.82 bits per heavy atom. The Morgan fingerprint density at radius 2 is 2.14 bits per heavy atom. The van der Waals surface area contributed by atoms with Gasteiger partial charge in [0, 0.05) is 13.0 Å². The largest absolute Gasteiger partial charge is 0.492 e. The molecular formula is C16H20BrNO4. The Balaban J connectivity index is 1.81. The van der Waals surface area contributed by atoms with Crippen LogP contribution < -0.4 is 4.74 Å². The number of nitrogens with zero attached hydrogens (tertiary/aromatic N) is 1. The standard InChI is InChI=1S/C16H20BrNO4/c1-16(15(20)21)9-5-10-18(16)14(19)8-4-11-22-13-7-3-2-6-12(13)17/h2-3,6-7H,4-5,8-11H2,1H3,(H,20,21). The van der Waals surface area contributed by atoms with E-state index in [2.05, 4.69) is 15.9 Å². The molecule has 1 amide bonds. The fourth-order valence-electron chi connectivity index (χ4n) is 2.69. The van der Waals surface area contributed by atoms with Gasteiger partial charge in [-0.25, -0.2) is 4.79 Å². The van der Waals surface area contributed by atoms with Gasteiger partial charge in [0.15, 0.2) is 0 Å². The van der Waals surface area contributed by atoms with Crippen molar-refractivity contribution in [2.75, 3.05) is 13.2 Å². The van der Waals surface area contributed by atoms with Gasteiger partial charge < -0.3 is 14.7 Å². The highest BCUT2D eigenvalue weighted by molar-refractivity contribution is 9.10. The van der Waals surface area contributed by atoms with Crippen molar-refractivity contribution in [3.05, 3.63) is 28.7 Å². The van der Waals surface area contributed by atoms with Crippen LogP contribution in [0.15, 0.2) is 28.7 Å². The first kappa shape index (κ1) is 16.8. The number of amides is 1. The first-order valence-corrected chi connectivity index (χ1v) is 8.15. The van der Waals surface area contributed by atoms with Gasteiger partial charge in [0.05, 0.1) is 11.1 Å². The third-order valence-electron chi connectivity index (χ3n) is 4.03. The summed E-state index contributed by atoms with van der Waals surface area (Å²) in [5.74, 6) is -0.299. The Kier molecular flexibility index (Phi) is 5.45. The fraction of sp³-hybridized carbons (Fsp3) is 0.500. The van der Waals surface area contributed by atoms with E-state index >= 15 is 0 Å². The molecule has 1 N–H and O–H groups in total. The summed E-state index contributed by atoms with van der Waals surface area (Å²) in [5.41, 5.74) is -1.06. The Bertz CT molecular complexity index is 563. The highest BCUT2D eigenvalue weighted by Crippen LogP contribution is 2.30. The first-order chi connectivity index (χ1) is 10.4. The molecule has 1 aromatic rings. The normalized spacial score (nSPS) is 20.9. The Morgan fingerprint density at radius 1 is 1.41 bits per heavy atom. The number of rotatable bonds is 6. The predicted octanol–water partition coefficient (Wildman–Crippen LogP) is 3.07. The Hall–Kier alpha value is -1.56. The number of aliphatic carboxylic acids is 1. The molecule has 1 aliphatic rings. The molecule has 1 aromatic carbocycles. The number of hydrogen-bond donors (Lipinski definition) is 1. The number of carboxylic acids is 1. The SMILES string of the molecule is CC1(C(=O)O)CCCN1C(=O)CCCOc1ccccc1Br. The summed E-state index contributed by atoms with van der Waals surface area (Å²) in [4.78, 5) is 25.1. The van der Waals surface area contributed by atoms with E-state index in [9.17, 15) is 14.7 Å². The summed E-state index contributed by atoms with van der Waals surface area (Å²) in [6.45, 7) is 2.57. The van der Waals surface area contributed by atoms with Crippen LogP contribution in [0.1, 0.15) is 32.6 Å². The van der Waals surface area contributed by atoms with Gasteiger partial charge in [-0.05, 0) is 54.2 Å². The second kappa shape index (κ2) is 7.13. The summed E-state index contributed by atoms with van der Waals surface area (Å²) >= 11 is 3.40. The van der Waals surface area contributed by atoms with Crippen molar-refractivity contribution in [3.63, 3.8) is 0 Å². The van der Waals surface area contributed by atoms with Crippen LogP contribution in [0.4, 0.5) is 0 Å². The van der Waals surface area contributed by atoms with E-state index in [1.807, 2.05) is 24.3 Å². The van der Waals surface area contributed by atoms with Gasteiger partial charge in [0.1, 0.15) is 11.3 Å². The van der Waals surface area contributed by atoms with Crippen molar-refractivity contribution >= 4 is 27.8 Å². The van der Waals surface area contributed by atoms with Crippen LogP contribution in [0.25, 0.3) is 0 Å². The summed E-state index contributed by atoms with van der Waals surface area (Å²) in [6, 6.07) is 7.53. The first-order valence-electron chi connectivity index (χ1n) is 7.36. The van der Waals surface area contributed by atoms with Crippen molar-refractivity contribution in [1.82, 2.24) is 4.90 Å². The molecule has 1 saturated heterocycles. The van der Waals surface area contributed by atoms with Crippen LogP contribution >= 0.6 is 15.9 Å². The molecule has 1 heterocycles. The lowest BCUT2D eigenvalue weighted by Gasteiger charge is -2.31. The maximum Gasteiger partial charge on any atom is 0.329 e. The molecule has 22 heavy (non-hydrogen) atoms. The molecule has 0 aromatic heterocycles. The fourth-order valence-corrected chi connectivity index (χ4v) is 3.09. The van der Waals surface area contributed by atoms with Gasteiger partial charge in [-0.3, -0.25) is 4.79 Å². The average Bonchev–Trinajstić information content (AvgIpc) is 2.88. The van der Waals surface area contributed by atoms with E-state index in [1.165, 1.54) is 4.90 Å². The third kappa shape index (κ3) is 3.61. The predicted molar refractivity (Wildman–Crippen MR) is 85.9 cm³/mol. The second-order valence-corrected chi connectivity index (χ2v) is 6.46. The van der Waals surface area contributed by atoms with E-state index in [4.69, 9.17) is 4.74 Å². The smallest absolute Gasteiger partial charge is 0.329 e. The van der Waals surface area contributed by atoms with Crippen LogP contribution in [-0.2, 0) is 9.59 Å². The lowest BCUT2D eigenvalue weighted by Crippen LogP contribution is -2.50. The summed E-state index contributed by atoms with van der Waals surface area (Å²) in [7, 11) is 0. The monoisotopic (exact) mass is 369 g/mol. The number of benzene rings is 1. The van der Waals surface area contributed by atoms with Crippen molar-refractivity contribution in [2.24, 2.45) is 0 Å². The quantitative estimate of drug-likeness (QED) is 0.782. The lowest BCUT2D eigenvalue weighted by atomic mass is 9.99. The molecule has 1 aliphatic heterocycles. The summed E-state index contributed by atoms with van der Waals surface area (Å²) < 4.78 is 6.49. The second-order valence-electron chi connectivity index (χ2n) is 5.61. The molecular weight excluding hydrogens is 350 g/mol. The molecule has 0 spiro atoms. The van der Waals surface area contributed by atoms with Gasteiger partial charge >= 0.3 is 5.97 Å². The Labute approximate surface area is 138 Å². The van der Waals surface area contributed by atoms with Gasteiger partial charge in [-0.2, -0.15) is 0 Å². The van der Waals surface area contributed by atoms with Crippen LogP contribution in [0.3, 0.4) is 0 Å². The number of para-hydroxylation sites is 1. The van der Waals surface area contributed by atoms with Crippen LogP contribution in [0, 0.1) is 0 Å². The van der Waals surface area contributed by atoms with Crippen LogP contribution in [0.2, 0.25) is 0 Å². The van der Waals surface area contributed by atoms with E-state index in [0.29, 0.717) is 32.4 Å². The molecule has 1 atom stereocenters. The van der Waals surface area contributed by atoms with Gasteiger partial charge in [0.2, 0.25) is 5.91 Å². The molecule has 0 saturated carbocycles. The molecule has 1 unspecified atom stereocenters. The lowest BCUT2D eigenvalue weighted by molar-refractivity contribution is -0.155. The number of carbonyl (C=O) groups is 2. The molecule has 1 fully saturated rings. The highest BCUT2D eigenvalue weighted by Gasteiger charge is 2.45. The van der Waals surface area contributed by atoms with E-state index < -0.39 is 11.5 Å². The molecule has 6 heteroatoms. The summed E-state index contributed by atoms with van der Waals surface area (Å²) in [6.07, 6.45) is 2.11. The van der Waals surface area contributed by atoms with Gasteiger partial charge in [-0.15, -0.1) is 0 Å². The number of carbonyl (C=O) groups excluding carboxylic acids is 1. The highest BCUT2D eigenvalue weighted by atomic mass is 79.9. The minimum atomic E-state index is -1.06. The van der Waals surface area contributed by atoms with Crippen molar-refractivity contribution in [3.8, 4) is 5.75 Å². The van der Waals surface area contributed by atoms with Crippen LogP contribution in [0.5, 0.6) is 5.75 Å². The topological polar surface area (TPSA) is 66.8 Å². The number of carboxylic acid groups (broad SMARTS) is 1. The molecule has 0 radical (unpaired) electrons. The molecule has 5 nitrogen and oxygen atoms in total. The number of hydrogen-bond acceptors (Lipinski definition) is 3. The minimum absolute atomic E-state index is 0.113. The van der Waals surface area contributed by atoms with E-state index in [-0.39, 0.29) is 5.91 Å². The maximum absolute atomic E-state index is 12.2. The zero-order valence-corrected chi connectivity index (χ0v) is 14.1. The summed E-state index contributed by atoms with van der Waals surface area (Å²) in [5, 5.41) is 9.32. The minimum Gasteiger partial charge on any atom is -0.492 e. The van der Waals surface area contributed by atoms with Crippen molar-refractivity contribution in [2.45, 2.75) is 38.1 Å².